The Morgan fingerprint density at radius 2 is 1.30 bits per heavy atom. The van der Waals surface area contributed by atoms with Gasteiger partial charge in [-0.1, -0.05) is 64.7 Å². The normalized spacial score (nSPS) is 13.6. The number of ether oxygens (including phenoxy) is 2. The van der Waals surface area contributed by atoms with Gasteiger partial charge in [-0.2, -0.15) is 0 Å². The van der Waals surface area contributed by atoms with Crippen molar-refractivity contribution in [1.29, 1.82) is 0 Å². The van der Waals surface area contributed by atoms with Crippen molar-refractivity contribution in [2.24, 2.45) is 0 Å². The minimum absolute atomic E-state index is 0.232. The summed E-state index contributed by atoms with van der Waals surface area (Å²) in [4.78, 5) is 22.2. The molecular formula is C17H32O6. The Hall–Kier alpha value is -0.980. The average Bonchev–Trinajstić information content (AvgIpc) is 2.52. The van der Waals surface area contributed by atoms with Crippen molar-refractivity contribution in [3.05, 3.63) is 0 Å². The molecule has 0 heterocycles. The largest absolute Gasteiger partial charge is 0.387 e. The van der Waals surface area contributed by atoms with Crippen molar-refractivity contribution in [2.75, 3.05) is 6.61 Å². The summed E-state index contributed by atoms with van der Waals surface area (Å²) in [6.45, 7) is 3.62. The summed E-state index contributed by atoms with van der Waals surface area (Å²) in [5.41, 5.74) is 0. The molecule has 0 aromatic rings. The lowest BCUT2D eigenvalue weighted by Crippen LogP contribution is -2.32. The summed E-state index contributed by atoms with van der Waals surface area (Å²) in [5, 5.41) is 18.2. The number of aliphatic hydroxyl groups is 2. The van der Waals surface area contributed by atoms with Gasteiger partial charge >= 0.3 is 11.9 Å². The minimum atomic E-state index is -1.78. The zero-order chi connectivity index (χ0) is 17.5. The fourth-order valence-corrected chi connectivity index (χ4v) is 2.09. The monoisotopic (exact) mass is 332 g/mol. The van der Waals surface area contributed by atoms with Gasteiger partial charge in [0.05, 0.1) is 6.61 Å². The molecule has 0 aromatic carbocycles. The molecule has 6 heteroatoms. The molecule has 2 N–H and O–H groups in total. The molecular weight excluding hydrogens is 300 g/mol. The first kappa shape index (κ1) is 22.0. The van der Waals surface area contributed by atoms with Gasteiger partial charge in [0.2, 0.25) is 0 Å². The summed E-state index contributed by atoms with van der Waals surface area (Å²) in [6.07, 6.45) is 8.61. The van der Waals surface area contributed by atoms with Gasteiger partial charge in [-0.15, -0.1) is 0 Å². The van der Waals surface area contributed by atoms with Crippen LogP contribution in [0.2, 0.25) is 0 Å². The Balaban J connectivity index is 3.43. The topological polar surface area (TPSA) is 93.1 Å². The highest BCUT2D eigenvalue weighted by Gasteiger charge is 2.22. The van der Waals surface area contributed by atoms with Crippen LogP contribution >= 0.6 is 0 Å². The number of aliphatic hydroxyl groups excluding tert-OH is 2. The summed E-state index contributed by atoms with van der Waals surface area (Å²) >= 11 is 0. The highest BCUT2D eigenvalue weighted by atomic mass is 16.7. The molecule has 23 heavy (non-hydrogen) atoms. The van der Waals surface area contributed by atoms with E-state index in [0.717, 1.165) is 19.3 Å². The highest BCUT2D eigenvalue weighted by molar-refractivity contribution is 5.88. The first-order valence-electron chi connectivity index (χ1n) is 8.72. The average molecular weight is 332 g/mol. The van der Waals surface area contributed by atoms with E-state index >= 15 is 0 Å². The van der Waals surface area contributed by atoms with Crippen molar-refractivity contribution in [3.8, 4) is 0 Å². The second kappa shape index (κ2) is 14.6. The molecule has 0 amide bonds. The molecule has 0 radical (unpaired) electrons. The Kier molecular flexibility index (Phi) is 14.0. The van der Waals surface area contributed by atoms with E-state index in [1.165, 1.54) is 51.9 Å². The maximum absolute atomic E-state index is 11.2. The van der Waals surface area contributed by atoms with Gasteiger partial charge in [0.15, 0.2) is 0 Å². The van der Waals surface area contributed by atoms with Crippen molar-refractivity contribution in [2.45, 2.75) is 90.4 Å². The fraction of sp³-hybridized carbons (Fsp3) is 0.882. The summed E-state index contributed by atoms with van der Waals surface area (Å²) in [6, 6.07) is 0. The van der Waals surface area contributed by atoms with Gasteiger partial charge in [-0.25, -0.2) is 9.59 Å². The molecule has 0 rings (SSSR count). The molecule has 0 fully saturated rings. The molecule has 136 valence electrons. The Morgan fingerprint density at radius 1 is 0.826 bits per heavy atom. The van der Waals surface area contributed by atoms with Crippen LogP contribution in [0.15, 0.2) is 0 Å². The van der Waals surface area contributed by atoms with Crippen molar-refractivity contribution in [1.82, 2.24) is 0 Å². The number of hydrogen-bond acceptors (Lipinski definition) is 6. The quantitative estimate of drug-likeness (QED) is 0.220. The molecule has 0 spiro atoms. The maximum Gasteiger partial charge on any atom is 0.370 e. The number of esters is 2. The first-order chi connectivity index (χ1) is 11.0. The van der Waals surface area contributed by atoms with Gasteiger partial charge < -0.3 is 19.7 Å². The van der Waals surface area contributed by atoms with Gasteiger partial charge in [0.1, 0.15) is 6.10 Å². The molecule has 0 saturated carbocycles. The summed E-state index contributed by atoms with van der Waals surface area (Å²) in [5.74, 6) is -2.29. The summed E-state index contributed by atoms with van der Waals surface area (Å²) < 4.78 is 9.12. The molecule has 0 aromatic heterocycles. The molecule has 0 aliphatic carbocycles. The third-order valence-corrected chi connectivity index (χ3v) is 3.52. The first-order valence-corrected chi connectivity index (χ1v) is 8.72. The Bertz CT molecular complexity index is 316. The van der Waals surface area contributed by atoms with Gasteiger partial charge in [-0.3, -0.25) is 0 Å². The van der Waals surface area contributed by atoms with Crippen molar-refractivity contribution < 1.29 is 29.3 Å². The van der Waals surface area contributed by atoms with Crippen LogP contribution in [0.3, 0.4) is 0 Å². The van der Waals surface area contributed by atoms with E-state index in [9.17, 15) is 14.7 Å². The van der Waals surface area contributed by atoms with Crippen LogP contribution in [0.1, 0.15) is 78.1 Å². The second-order valence-corrected chi connectivity index (χ2v) is 5.82. The molecule has 0 aliphatic heterocycles. The highest BCUT2D eigenvalue weighted by Crippen LogP contribution is 2.10. The smallest absolute Gasteiger partial charge is 0.370 e. The van der Waals surface area contributed by atoms with Crippen LogP contribution in [0.5, 0.6) is 0 Å². The van der Waals surface area contributed by atoms with Gasteiger partial charge in [0, 0.05) is 0 Å². The lowest BCUT2D eigenvalue weighted by Gasteiger charge is -2.11. The number of carbonyl (C=O) groups excluding carboxylic acids is 2. The molecule has 6 nitrogen and oxygen atoms in total. The summed E-state index contributed by atoms with van der Waals surface area (Å²) in [7, 11) is 0. The van der Waals surface area contributed by atoms with Crippen molar-refractivity contribution >= 4 is 11.9 Å². The van der Waals surface area contributed by atoms with E-state index in [1.807, 2.05) is 0 Å². The Morgan fingerprint density at radius 3 is 1.78 bits per heavy atom. The number of carbonyl (C=O) groups is 2. The van der Waals surface area contributed by atoms with E-state index in [-0.39, 0.29) is 6.61 Å². The third kappa shape index (κ3) is 13.2. The van der Waals surface area contributed by atoms with E-state index < -0.39 is 24.3 Å². The fourth-order valence-electron chi connectivity index (χ4n) is 2.09. The molecule has 2 unspecified atom stereocenters. The van der Waals surface area contributed by atoms with E-state index in [4.69, 9.17) is 9.84 Å². The van der Waals surface area contributed by atoms with Crippen molar-refractivity contribution in [3.63, 3.8) is 0 Å². The van der Waals surface area contributed by atoms with Crippen LogP contribution in [0, 0.1) is 0 Å². The second-order valence-electron chi connectivity index (χ2n) is 5.82. The number of rotatable bonds is 14. The van der Waals surface area contributed by atoms with Crippen LogP contribution in [0.25, 0.3) is 0 Å². The van der Waals surface area contributed by atoms with E-state index in [1.54, 1.807) is 0 Å². The van der Waals surface area contributed by atoms with Gasteiger partial charge in [-0.05, 0) is 13.3 Å². The predicted molar refractivity (Wildman–Crippen MR) is 86.6 cm³/mol. The molecule has 0 aliphatic rings. The molecule has 0 saturated heterocycles. The number of hydrogen-bond donors (Lipinski definition) is 2. The van der Waals surface area contributed by atoms with E-state index in [2.05, 4.69) is 11.7 Å². The van der Waals surface area contributed by atoms with Gasteiger partial charge in [0.25, 0.3) is 6.29 Å². The Labute approximate surface area is 139 Å². The zero-order valence-corrected chi connectivity index (χ0v) is 14.5. The molecule has 2 atom stereocenters. The number of unbranched alkanes of at least 4 members (excludes halogenated alkanes) is 9. The van der Waals surface area contributed by atoms with Crippen LogP contribution in [0.4, 0.5) is 0 Å². The van der Waals surface area contributed by atoms with Crippen LogP contribution < -0.4 is 0 Å². The van der Waals surface area contributed by atoms with E-state index in [0.29, 0.717) is 0 Å². The third-order valence-electron chi connectivity index (χ3n) is 3.52. The predicted octanol–water partition coefficient (Wildman–Crippen LogP) is 2.69. The zero-order valence-electron chi connectivity index (χ0n) is 14.5. The van der Waals surface area contributed by atoms with Crippen LogP contribution in [-0.4, -0.2) is 41.2 Å². The standard InChI is InChI=1S/C17H32O6/c1-3-4-5-6-7-8-9-10-11-12-13-22-16(20)17(21)23-15(19)14(2)18/h14,16,18,20H,3-13H2,1-2H3. The van der Waals surface area contributed by atoms with Crippen LogP contribution in [-0.2, 0) is 19.1 Å². The SMILES string of the molecule is CCCCCCCCCCCCOC(O)C(=O)OC(=O)C(C)O. The minimum Gasteiger partial charge on any atom is -0.387 e. The maximum atomic E-state index is 11.2. The lowest BCUT2D eigenvalue weighted by atomic mass is 10.1. The lowest BCUT2D eigenvalue weighted by molar-refractivity contribution is -0.190. The molecule has 0 bridgehead atoms.